The van der Waals surface area contributed by atoms with Crippen molar-refractivity contribution in [2.75, 3.05) is 0 Å². The zero-order valence-corrected chi connectivity index (χ0v) is 11.0. The van der Waals surface area contributed by atoms with Crippen LogP contribution in [0.15, 0.2) is 28.7 Å². The number of hydrogen-bond acceptors (Lipinski definition) is 0. The Kier molecular flexibility index (Phi) is 4.97. The van der Waals surface area contributed by atoms with E-state index in [1.165, 1.54) is 5.56 Å². The Morgan fingerprint density at radius 3 is 2.64 bits per heavy atom. The molecule has 0 heterocycles. The van der Waals surface area contributed by atoms with E-state index in [0.29, 0.717) is 5.92 Å². The second kappa shape index (κ2) is 5.77. The molecule has 0 saturated heterocycles. The van der Waals surface area contributed by atoms with E-state index in [-0.39, 0.29) is 5.38 Å². The largest absolute Gasteiger partial charge is 0.123 e. The predicted octanol–water partition coefficient (Wildman–Crippen LogP) is 4.65. The van der Waals surface area contributed by atoms with Crippen LogP contribution in [-0.4, -0.2) is 5.38 Å². The first-order chi connectivity index (χ1) is 6.59. The van der Waals surface area contributed by atoms with E-state index in [1.807, 2.05) is 6.07 Å². The van der Waals surface area contributed by atoms with E-state index in [9.17, 15) is 0 Å². The lowest BCUT2D eigenvalue weighted by Gasteiger charge is -2.12. The summed E-state index contributed by atoms with van der Waals surface area (Å²) in [6, 6.07) is 8.42. The molecule has 1 atom stereocenters. The summed E-state index contributed by atoms with van der Waals surface area (Å²) in [6.45, 7) is 4.33. The van der Waals surface area contributed by atoms with Crippen LogP contribution in [0.3, 0.4) is 0 Å². The number of benzene rings is 1. The SMILES string of the molecule is CC(C)C(Cl)CCc1cccc(Br)c1. The summed E-state index contributed by atoms with van der Waals surface area (Å²) in [4.78, 5) is 0. The molecule has 0 N–H and O–H groups in total. The van der Waals surface area contributed by atoms with Gasteiger partial charge >= 0.3 is 0 Å². The lowest BCUT2D eigenvalue weighted by atomic mass is 10.0. The normalized spacial score (nSPS) is 13.2. The zero-order chi connectivity index (χ0) is 10.6. The van der Waals surface area contributed by atoms with Gasteiger partial charge in [-0.1, -0.05) is 41.9 Å². The van der Waals surface area contributed by atoms with Crippen LogP contribution in [0, 0.1) is 5.92 Å². The van der Waals surface area contributed by atoms with Gasteiger partial charge in [-0.2, -0.15) is 0 Å². The predicted molar refractivity (Wildman–Crippen MR) is 66.9 cm³/mol. The van der Waals surface area contributed by atoms with Crippen LogP contribution < -0.4 is 0 Å². The van der Waals surface area contributed by atoms with Crippen LogP contribution in [0.4, 0.5) is 0 Å². The van der Waals surface area contributed by atoms with Gasteiger partial charge in [0.15, 0.2) is 0 Å². The van der Waals surface area contributed by atoms with E-state index in [2.05, 4.69) is 48.0 Å². The molecule has 0 amide bonds. The summed E-state index contributed by atoms with van der Waals surface area (Å²) in [7, 11) is 0. The first-order valence-corrected chi connectivity index (χ1v) is 6.21. The number of aryl methyl sites for hydroxylation is 1. The molecule has 0 nitrogen and oxygen atoms in total. The van der Waals surface area contributed by atoms with Crippen molar-refractivity contribution in [3.05, 3.63) is 34.3 Å². The molecule has 0 saturated carbocycles. The van der Waals surface area contributed by atoms with Crippen LogP contribution in [-0.2, 0) is 6.42 Å². The summed E-state index contributed by atoms with van der Waals surface area (Å²) in [6.07, 6.45) is 2.11. The summed E-state index contributed by atoms with van der Waals surface area (Å²) in [5.41, 5.74) is 1.35. The summed E-state index contributed by atoms with van der Waals surface area (Å²) < 4.78 is 1.14. The van der Waals surface area contributed by atoms with Crippen LogP contribution in [0.25, 0.3) is 0 Å². The third-order valence-corrected chi connectivity index (χ3v) is 3.54. The molecular formula is C12H16BrCl. The van der Waals surface area contributed by atoms with Crippen molar-refractivity contribution < 1.29 is 0 Å². The number of rotatable bonds is 4. The number of hydrogen-bond donors (Lipinski definition) is 0. The van der Waals surface area contributed by atoms with Gasteiger partial charge in [-0.25, -0.2) is 0 Å². The summed E-state index contributed by atoms with van der Waals surface area (Å²) in [5.74, 6) is 0.559. The van der Waals surface area contributed by atoms with E-state index in [1.54, 1.807) is 0 Å². The second-order valence-corrected chi connectivity index (χ2v) is 5.40. The third-order valence-electron chi connectivity index (χ3n) is 2.32. The standard InChI is InChI=1S/C12H16BrCl/c1-9(2)12(14)7-6-10-4-3-5-11(13)8-10/h3-5,8-9,12H,6-7H2,1-2H3. The van der Waals surface area contributed by atoms with Crippen LogP contribution >= 0.6 is 27.5 Å². The van der Waals surface area contributed by atoms with Gasteiger partial charge in [-0.3, -0.25) is 0 Å². The first kappa shape index (κ1) is 12.1. The summed E-state index contributed by atoms with van der Waals surface area (Å²) in [5, 5.41) is 0.286. The van der Waals surface area contributed by atoms with Gasteiger partial charge in [0.2, 0.25) is 0 Å². The Morgan fingerprint density at radius 1 is 1.36 bits per heavy atom. The smallest absolute Gasteiger partial charge is 0.0362 e. The molecule has 2 heteroatoms. The minimum Gasteiger partial charge on any atom is -0.123 e. The van der Waals surface area contributed by atoms with Crippen molar-refractivity contribution in [2.45, 2.75) is 32.1 Å². The molecule has 0 fully saturated rings. The highest BCUT2D eigenvalue weighted by molar-refractivity contribution is 9.10. The van der Waals surface area contributed by atoms with E-state index in [4.69, 9.17) is 11.6 Å². The highest BCUT2D eigenvalue weighted by atomic mass is 79.9. The Labute approximate surface area is 99.8 Å². The van der Waals surface area contributed by atoms with Crippen molar-refractivity contribution in [1.29, 1.82) is 0 Å². The molecule has 1 aromatic carbocycles. The molecule has 0 aliphatic carbocycles. The average molecular weight is 276 g/mol. The van der Waals surface area contributed by atoms with Gasteiger partial charge in [0.05, 0.1) is 0 Å². The van der Waals surface area contributed by atoms with Crippen molar-refractivity contribution in [3.8, 4) is 0 Å². The number of alkyl halides is 1. The fourth-order valence-corrected chi connectivity index (χ4v) is 1.89. The van der Waals surface area contributed by atoms with Gasteiger partial charge < -0.3 is 0 Å². The van der Waals surface area contributed by atoms with Crippen molar-refractivity contribution in [1.82, 2.24) is 0 Å². The molecule has 0 aliphatic heterocycles. The fourth-order valence-electron chi connectivity index (χ4n) is 1.33. The molecule has 14 heavy (non-hydrogen) atoms. The maximum atomic E-state index is 6.19. The molecule has 0 bridgehead atoms. The maximum absolute atomic E-state index is 6.19. The maximum Gasteiger partial charge on any atom is 0.0362 e. The van der Waals surface area contributed by atoms with Crippen LogP contribution in [0.2, 0.25) is 0 Å². The molecule has 1 unspecified atom stereocenters. The van der Waals surface area contributed by atoms with E-state index < -0.39 is 0 Å². The Morgan fingerprint density at radius 2 is 2.07 bits per heavy atom. The van der Waals surface area contributed by atoms with Crippen LogP contribution in [0.5, 0.6) is 0 Å². The number of halogens is 2. The summed E-state index contributed by atoms with van der Waals surface area (Å²) >= 11 is 9.66. The third kappa shape index (κ3) is 4.02. The molecule has 0 radical (unpaired) electrons. The van der Waals surface area contributed by atoms with Gasteiger partial charge in [0.25, 0.3) is 0 Å². The van der Waals surface area contributed by atoms with Crippen molar-refractivity contribution in [2.24, 2.45) is 5.92 Å². The average Bonchev–Trinajstić information content (AvgIpc) is 2.14. The molecule has 0 aromatic heterocycles. The zero-order valence-electron chi connectivity index (χ0n) is 8.63. The minimum absolute atomic E-state index is 0.286. The Balaban J connectivity index is 2.45. The lowest BCUT2D eigenvalue weighted by molar-refractivity contribution is 0.565. The van der Waals surface area contributed by atoms with Crippen LogP contribution in [0.1, 0.15) is 25.8 Å². The van der Waals surface area contributed by atoms with E-state index in [0.717, 1.165) is 17.3 Å². The quantitative estimate of drug-likeness (QED) is 0.702. The monoisotopic (exact) mass is 274 g/mol. The molecule has 0 aliphatic rings. The highest BCUT2D eigenvalue weighted by Crippen LogP contribution is 2.18. The topological polar surface area (TPSA) is 0 Å². The molecule has 1 rings (SSSR count). The van der Waals surface area contributed by atoms with Gasteiger partial charge in [-0.15, -0.1) is 11.6 Å². The molecule has 78 valence electrons. The van der Waals surface area contributed by atoms with Gasteiger partial charge in [0, 0.05) is 9.85 Å². The lowest BCUT2D eigenvalue weighted by Crippen LogP contribution is -2.08. The molecule has 0 spiro atoms. The van der Waals surface area contributed by atoms with Gasteiger partial charge in [0.1, 0.15) is 0 Å². The molecular weight excluding hydrogens is 259 g/mol. The minimum atomic E-state index is 0.286. The Bertz CT molecular complexity index is 283. The Hall–Kier alpha value is -0.0100. The highest BCUT2D eigenvalue weighted by Gasteiger charge is 2.09. The fraction of sp³-hybridized carbons (Fsp3) is 0.500. The van der Waals surface area contributed by atoms with Crippen molar-refractivity contribution in [3.63, 3.8) is 0 Å². The first-order valence-electron chi connectivity index (χ1n) is 4.98. The second-order valence-electron chi connectivity index (χ2n) is 3.93. The van der Waals surface area contributed by atoms with Crippen molar-refractivity contribution >= 4 is 27.5 Å². The van der Waals surface area contributed by atoms with E-state index >= 15 is 0 Å². The van der Waals surface area contributed by atoms with Gasteiger partial charge in [-0.05, 0) is 36.5 Å². The molecule has 1 aromatic rings.